The maximum atomic E-state index is 11.9. The number of amides is 1. The molecular formula is C16H22N2O2. The van der Waals surface area contributed by atoms with Crippen LogP contribution in [0.2, 0.25) is 0 Å². The fourth-order valence-corrected chi connectivity index (χ4v) is 3.05. The van der Waals surface area contributed by atoms with Gasteiger partial charge in [-0.2, -0.15) is 0 Å². The lowest BCUT2D eigenvalue weighted by atomic mass is 9.97. The second-order valence-corrected chi connectivity index (χ2v) is 5.60. The third-order valence-corrected chi connectivity index (χ3v) is 4.14. The molecule has 3 rings (SSSR count). The molecular weight excluding hydrogens is 252 g/mol. The Morgan fingerprint density at radius 3 is 2.95 bits per heavy atom. The van der Waals surface area contributed by atoms with Crippen molar-refractivity contribution in [1.82, 2.24) is 10.2 Å². The van der Waals surface area contributed by atoms with Crippen LogP contribution in [-0.2, 0) is 16.0 Å². The van der Waals surface area contributed by atoms with Crippen LogP contribution in [-0.4, -0.2) is 43.6 Å². The number of hydrogen-bond acceptors (Lipinski definition) is 3. The Morgan fingerprint density at radius 1 is 1.30 bits per heavy atom. The molecule has 20 heavy (non-hydrogen) atoms. The smallest absolute Gasteiger partial charge is 0.234 e. The summed E-state index contributed by atoms with van der Waals surface area (Å²) in [4.78, 5) is 14.2. The number of carbonyl (C=O) groups excluding carboxylic acids is 1. The monoisotopic (exact) mass is 274 g/mol. The lowest BCUT2D eigenvalue weighted by Crippen LogP contribution is -2.38. The largest absolute Gasteiger partial charge is 0.371 e. The SMILES string of the molecule is O=C(CN1CCCC1)NC[C@@H]1OCCc2ccccc21. The molecule has 0 unspecified atom stereocenters. The van der Waals surface area contributed by atoms with Gasteiger partial charge in [-0.1, -0.05) is 24.3 Å². The number of hydrogen-bond donors (Lipinski definition) is 1. The number of nitrogens with zero attached hydrogens (tertiary/aromatic N) is 1. The first-order valence-electron chi connectivity index (χ1n) is 7.51. The van der Waals surface area contributed by atoms with Crippen LogP contribution in [0.15, 0.2) is 24.3 Å². The highest BCUT2D eigenvalue weighted by Gasteiger charge is 2.21. The minimum absolute atomic E-state index is 0.00229. The fraction of sp³-hybridized carbons (Fsp3) is 0.562. The Labute approximate surface area is 120 Å². The quantitative estimate of drug-likeness (QED) is 0.905. The third-order valence-electron chi connectivity index (χ3n) is 4.14. The molecule has 2 aliphatic rings. The molecule has 0 aliphatic carbocycles. The average molecular weight is 274 g/mol. The summed E-state index contributed by atoms with van der Waals surface area (Å²) in [5.41, 5.74) is 2.57. The second kappa shape index (κ2) is 6.37. The van der Waals surface area contributed by atoms with Crippen LogP contribution in [0, 0.1) is 0 Å². The predicted octanol–water partition coefficient (Wildman–Crippen LogP) is 1.51. The Hall–Kier alpha value is -1.39. The van der Waals surface area contributed by atoms with E-state index in [2.05, 4.69) is 28.4 Å². The molecule has 1 aromatic carbocycles. The number of carbonyl (C=O) groups is 1. The van der Waals surface area contributed by atoms with Crippen molar-refractivity contribution in [2.24, 2.45) is 0 Å². The molecule has 0 spiro atoms. The molecule has 1 amide bonds. The molecule has 2 aliphatic heterocycles. The van der Waals surface area contributed by atoms with Crippen molar-refractivity contribution >= 4 is 5.91 Å². The van der Waals surface area contributed by atoms with Crippen molar-refractivity contribution in [3.05, 3.63) is 35.4 Å². The topological polar surface area (TPSA) is 41.6 Å². The van der Waals surface area contributed by atoms with Gasteiger partial charge in [0, 0.05) is 6.54 Å². The van der Waals surface area contributed by atoms with Crippen LogP contribution < -0.4 is 5.32 Å². The molecule has 1 saturated heterocycles. The molecule has 0 aromatic heterocycles. The molecule has 1 aromatic rings. The van der Waals surface area contributed by atoms with Crippen LogP contribution in [0.5, 0.6) is 0 Å². The first-order valence-corrected chi connectivity index (χ1v) is 7.51. The summed E-state index contributed by atoms with van der Waals surface area (Å²) in [6, 6.07) is 8.35. The maximum absolute atomic E-state index is 11.9. The van der Waals surface area contributed by atoms with E-state index in [0.29, 0.717) is 13.1 Å². The molecule has 2 heterocycles. The Balaban J connectivity index is 1.52. The van der Waals surface area contributed by atoms with E-state index in [4.69, 9.17) is 4.74 Å². The lowest BCUT2D eigenvalue weighted by Gasteiger charge is -2.26. The van der Waals surface area contributed by atoms with Crippen LogP contribution in [0.3, 0.4) is 0 Å². The van der Waals surface area contributed by atoms with E-state index in [1.54, 1.807) is 0 Å². The minimum Gasteiger partial charge on any atom is -0.371 e. The van der Waals surface area contributed by atoms with Gasteiger partial charge in [0.15, 0.2) is 0 Å². The van der Waals surface area contributed by atoms with Gasteiger partial charge in [-0.3, -0.25) is 9.69 Å². The number of benzene rings is 1. The molecule has 108 valence electrons. The van der Waals surface area contributed by atoms with E-state index >= 15 is 0 Å². The lowest BCUT2D eigenvalue weighted by molar-refractivity contribution is -0.122. The van der Waals surface area contributed by atoms with Crippen molar-refractivity contribution in [1.29, 1.82) is 0 Å². The van der Waals surface area contributed by atoms with Crippen molar-refractivity contribution in [2.75, 3.05) is 32.8 Å². The molecule has 1 N–H and O–H groups in total. The maximum Gasteiger partial charge on any atom is 0.234 e. The van der Waals surface area contributed by atoms with E-state index in [-0.39, 0.29) is 12.0 Å². The van der Waals surface area contributed by atoms with Crippen LogP contribution in [0.25, 0.3) is 0 Å². The zero-order chi connectivity index (χ0) is 13.8. The molecule has 4 heteroatoms. The van der Waals surface area contributed by atoms with Crippen LogP contribution in [0.1, 0.15) is 30.1 Å². The number of ether oxygens (including phenoxy) is 1. The summed E-state index contributed by atoms with van der Waals surface area (Å²) in [7, 11) is 0. The van der Waals surface area contributed by atoms with Crippen molar-refractivity contribution in [3.63, 3.8) is 0 Å². The van der Waals surface area contributed by atoms with Gasteiger partial charge in [0.25, 0.3) is 0 Å². The highest BCUT2D eigenvalue weighted by molar-refractivity contribution is 5.78. The van der Waals surface area contributed by atoms with Gasteiger partial charge < -0.3 is 10.1 Å². The summed E-state index contributed by atoms with van der Waals surface area (Å²) in [5, 5.41) is 3.01. The number of fused-ring (bicyclic) bond motifs is 1. The zero-order valence-corrected chi connectivity index (χ0v) is 11.8. The van der Waals surface area contributed by atoms with Crippen LogP contribution in [0.4, 0.5) is 0 Å². The Bertz CT molecular complexity index is 469. The zero-order valence-electron chi connectivity index (χ0n) is 11.8. The summed E-state index contributed by atoms with van der Waals surface area (Å²) in [5.74, 6) is 0.110. The van der Waals surface area contributed by atoms with Gasteiger partial charge in [0.2, 0.25) is 5.91 Å². The van der Waals surface area contributed by atoms with E-state index < -0.39 is 0 Å². The fourth-order valence-electron chi connectivity index (χ4n) is 3.05. The first-order chi connectivity index (χ1) is 9.83. The molecule has 1 atom stereocenters. The van der Waals surface area contributed by atoms with E-state index in [0.717, 1.165) is 26.1 Å². The van der Waals surface area contributed by atoms with Gasteiger partial charge in [0.05, 0.1) is 13.2 Å². The Kier molecular flexibility index (Phi) is 4.33. The first kappa shape index (κ1) is 13.6. The van der Waals surface area contributed by atoms with Gasteiger partial charge in [-0.15, -0.1) is 0 Å². The summed E-state index contributed by atoms with van der Waals surface area (Å²) in [6.07, 6.45) is 3.40. The van der Waals surface area contributed by atoms with Gasteiger partial charge in [-0.05, 0) is 43.5 Å². The van der Waals surface area contributed by atoms with Crippen molar-refractivity contribution < 1.29 is 9.53 Å². The number of likely N-dealkylation sites (tertiary alicyclic amines) is 1. The van der Waals surface area contributed by atoms with Crippen LogP contribution >= 0.6 is 0 Å². The number of nitrogens with one attached hydrogen (secondary N) is 1. The van der Waals surface area contributed by atoms with E-state index in [1.165, 1.54) is 24.0 Å². The minimum atomic E-state index is 0.00229. The van der Waals surface area contributed by atoms with E-state index in [9.17, 15) is 4.79 Å². The van der Waals surface area contributed by atoms with E-state index in [1.807, 2.05) is 6.07 Å². The number of rotatable bonds is 4. The molecule has 4 nitrogen and oxygen atoms in total. The summed E-state index contributed by atoms with van der Waals surface area (Å²) in [6.45, 7) is 3.94. The third kappa shape index (κ3) is 3.19. The van der Waals surface area contributed by atoms with Gasteiger partial charge in [-0.25, -0.2) is 0 Å². The van der Waals surface area contributed by atoms with Gasteiger partial charge in [0.1, 0.15) is 6.10 Å². The highest BCUT2D eigenvalue weighted by Crippen LogP contribution is 2.26. The predicted molar refractivity (Wildman–Crippen MR) is 77.5 cm³/mol. The molecule has 0 radical (unpaired) electrons. The van der Waals surface area contributed by atoms with Gasteiger partial charge >= 0.3 is 0 Å². The second-order valence-electron chi connectivity index (χ2n) is 5.60. The standard InChI is InChI=1S/C16H22N2O2/c19-16(12-18-8-3-4-9-18)17-11-15-14-6-2-1-5-13(14)7-10-20-15/h1-2,5-6,15H,3-4,7-12H2,(H,17,19)/t15-/m0/s1. The molecule has 0 saturated carbocycles. The van der Waals surface area contributed by atoms with Crippen molar-refractivity contribution in [2.45, 2.75) is 25.4 Å². The summed E-state index contributed by atoms with van der Waals surface area (Å²) < 4.78 is 5.80. The molecule has 0 bridgehead atoms. The highest BCUT2D eigenvalue weighted by atomic mass is 16.5. The van der Waals surface area contributed by atoms with Crippen molar-refractivity contribution in [3.8, 4) is 0 Å². The molecule has 1 fully saturated rings. The normalized spacial score (nSPS) is 22.5. The summed E-state index contributed by atoms with van der Waals surface area (Å²) >= 11 is 0. The Morgan fingerprint density at radius 2 is 2.10 bits per heavy atom. The average Bonchev–Trinajstić information content (AvgIpc) is 2.98.